The molecule has 1 amide bonds. The molecule has 6 heteroatoms. The van der Waals surface area contributed by atoms with Gasteiger partial charge in [0.15, 0.2) is 17.2 Å². The monoisotopic (exact) mass is 332 g/mol. The molecule has 0 aliphatic heterocycles. The number of halogens is 2. The fourth-order valence-corrected chi connectivity index (χ4v) is 2.56. The summed E-state index contributed by atoms with van der Waals surface area (Å²) in [5.41, 5.74) is 1.72. The Bertz CT molecular complexity index is 880. The molecule has 0 aliphatic carbocycles. The Kier molecular flexibility index (Phi) is 4.38. The number of amides is 1. The molecular weight excluding hydrogens is 314 g/mol. The molecule has 0 saturated carbocycles. The van der Waals surface area contributed by atoms with Crippen molar-refractivity contribution in [1.29, 1.82) is 0 Å². The summed E-state index contributed by atoms with van der Waals surface area (Å²) in [5, 5.41) is 2.83. The normalized spacial score (nSPS) is 11.4. The van der Waals surface area contributed by atoms with E-state index in [1.54, 1.807) is 16.7 Å². The van der Waals surface area contributed by atoms with Crippen molar-refractivity contribution in [1.82, 2.24) is 9.88 Å². The first-order chi connectivity index (χ1) is 11.5. The van der Waals surface area contributed by atoms with Gasteiger partial charge in [-0.3, -0.25) is 4.79 Å². The van der Waals surface area contributed by atoms with Gasteiger partial charge in [0, 0.05) is 24.2 Å². The highest BCUT2D eigenvalue weighted by Crippen LogP contribution is 2.24. The van der Waals surface area contributed by atoms with Crippen molar-refractivity contribution in [2.75, 3.05) is 6.54 Å². The number of hydrogen-bond acceptors (Lipinski definition) is 2. The number of aromatic nitrogens is 1. The Hall–Kier alpha value is -2.63. The molecule has 126 valence electrons. The lowest BCUT2D eigenvalue weighted by atomic mass is 10.2. The van der Waals surface area contributed by atoms with Crippen LogP contribution in [-0.4, -0.2) is 17.0 Å². The molecule has 3 rings (SSSR count). The van der Waals surface area contributed by atoms with Crippen molar-refractivity contribution < 1.29 is 18.0 Å². The Morgan fingerprint density at radius 2 is 2.08 bits per heavy atom. The second-order valence-corrected chi connectivity index (χ2v) is 6.10. The van der Waals surface area contributed by atoms with E-state index < -0.39 is 11.6 Å². The highest BCUT2D eigenvalue weighted by atomic mass is 19.2. The van der Waals surface area contributed by atoms with Gasteiger partial charge in [-0.2, -0.15) is 0 Å². The minimum absolute atomic E-state index is 0.0387. The summed E-state index contributed by atoms with van der Waals surface area (Å²) >= 11 is 0. The van der Waals surface area contributed by atoms with Crippen LogP contribution in [0.15, 0.2) is 41.0 Å². The van der Waals surface area contributed by atoms with Crippen molar-refractivity contribution in [3.63, 3.8) is 0 Å². The van der Waals surface area contributed by atoms with E-state index in [4.69, 9.17) is 4.42 Å². The summed E-state index contributed by atoms with van der Waals surface area (Å²) in [6.07, 6.45) is 1.50. The zero-order valence-corrected chi connectivity index (χ0v) is 13.5. The van der Waals surface area contributed by atoms with Crippen LogP contribution in [0.5, 0.6) is 0 Å². The van der Waals surface area contributed by atoms with E-state index in [1.165, 1.54) is 18.4 Å². The first kappa shape index (κ1) is 16.2. The Labute approximate surface area is 138 Å². The topological polar surface area (TPSA) is 47.2 Å². The second-order valence-electron chi connectivity index (χ2n) is 6.10. The van der Waals surface area contributed by atoms with E-state index in [9.17, 15) is 13.6 Å². The third kappa shape index (κ3) is 3.04. The van der Waals surface area contributed by atoms with Gasteiger partial charge in [0.25, 0.3) is 5.91 Å². The number of nitrogens with zero attached hydrogens (tertiary/aromatic N) is 1. The van der Waals surface area contributed by atoms with Crippen LogP contribution in [0, 0.1) is 17.6 Å². The van der Waals surface area contributed by atoms with Crippen LogP contribution in [0.4, 0.5) is 8.78 Å². The molecule has 0 atom stereocenters. The average molecular weight is 332 g/mol. The fourth-order valence-electron chi connectivity index (χ4n) is 2.56. The molecule has 0 radical (unpaired) electrons. The molecule has 2 aromatic heterocycles. The quantitative estimate of drug-likeness (QED) is 0.769. The Morgan fingerprint density at radius 1 is 1.29 bits per heavy atom. The predicted octanol–water partition coefficient (Wildman–Crippen LogP) is 3.95. The van der Waals surface area contributed by atoms with Gasteiger partial charge >= 0.3 is 0 Å². The molecule has 1 N–H and O–H groups in total. The fraction of sp³-hybridized carbons (Fsp3) is 0.278. The zero-order chi connectivity index (χ0) is 17.3. The number of rotatable bonds is 5. The number of furan rings is 1. The minimum Gasteiger partial charge on any atom is -0.463 e. The summed E-state index contributed by atoms with van der Waals surface area (Å²) < 4.78 is 34.4. The summed E-state index contributed by atoms with van der Waals surface area (Å²) in [7, 11) is 0. The van der Waals surface area contributed by atoms with Gasteiger partial charge in [-0.25, -0.2) is 8.78 Å². The van der Waals surface area contributed by atoms with Gasteiger partial charge in [-0.1, -0.05) is 26.0 Å². The molecule has 1 aromatic carbocycles. The molecule has 24 heavy (non-hydrogen) atoms. The highest BCUT2D eigenvalue weighted by Gasteiger charge is 2.19. The highest BCUT2D eigenvalue weighted by molar-refractivity contribution is 5.97. The van der Waals surface area contributed by atoms with Crippen LogP contribution in [0.25, 0.3) is 11.1 Å². The molecule has 0 bridgehead atoms. The van der Waals surface area contributed by atoms with E-state index in [-0.39, 0.29) is 18.0 Å². The van der Waals surface area contributed by atoms with Crippen molar-refractivity contribution in [2.24, 2.45) is 5.92 Å². The minimum atomic E-state index is -0.908. The van der Waals surface area contributed by atoms with Crippen LogP contribution in [0.2, 0.25) is 0 Å². The summed E-state index contributed by atoms with van der Waals surface area (Å²) in [5.74, 6) is -1.78. The number of carbonyl (C=O) groups excluding carboxylic acids is 1. The lowest BCUT2D eigenvalue weighted by Crippen LogP contribution is -2.29. The van der Waals surface area contributed by atoms with Crippen molar-refractivity contribution in [2.45, 2.75) is 20.4 Å². The number of carbonyl (C=O) groups is 1. The molecular formula is C18H18F2N2O2. The molecule has 4 nitrogen and oxygen atoms in total. The lowest BCUT2D eigenvalue weighted by molar-refractivity contribution is 0.0940. The largest absolute Gasteiger partial charge is 0.463 e. The standard InChI is InChI=1S/C18H18F2N2O2/c1-11(2)9-21-18(23)15-8-16-14(6-7-24-16)22(15)10-12-4-3-5-13(19)17(12)20/h3-8,11H,9-10H2,1-2H3,(H,21,23). The third-order valence-electron chi connectivity index (χ3n) is 3.79. The number of benzene rings is 1. The smallest absolute Gasteiger partial charge is 0.268 e. The van der Waals surface area contributed by atoms with Gasteiger partial charge in [0.2, 0.25) is 0 Å². The summed E-state index contributed by atoms with van der Waals surface area (Å²) in [4.78, 5) is 12.4. The van der Waals surface area contributed by atoms with Crippen molar-refractivity contribution >= 4 is 17.0 Å². The number of fused-ring (bicyclic) bond motifs is 1. The van der Waals surface area contributed by atoms with Crippen LogP contribution in [0.3, 0.4) is 0 Å². The maximum absolute atomic E-state index is 14.0. The molecule has 0 unspecified atom stereocenters. The van der Waals surface area contributed by atoms with E-state index >= 15 is 0 Å². The van der Waals surface area contributed by atoms with Gasteiger partial charge in [-0.15, -0.1) is 0 Å². The zero-order valence-electron chi connectivity index (χ0n) is 13.5. The van der Waals surface area contributed by atoms with Crippen LogP contribution in [-0.2, 0) is 6.54 Å². The van der Waals surface area contributed by atoms with Gasteiger partial charge in [0.1, 0.15) is 5.69 Å². The first-order valence-corrected chi connectivity index (χ1v) is 7.75. The van der Waals surface area contributed by atoms with E-state index in [1.807, 2.05) is 13.8 Å². The van der Waals surface area contributed by atoms with E-state index in [0.717, 1.165) is 6.07 Å². The molecule has 0 aliphatic rings. The maximum atomic E-state index is 14.0. The second kappa shape index (κ2) is 6.47. The summed E-state index contributed by atoms with van der Waals surface area (Å²) in [6.45, 7) is 4.55. The summed E-state index contributed by atoms with van der Waals surface area (Å²) in [6, 6.07) is 7.33. The van der Waals surface area contributed by atoms with Crippen LogP contribution in [0.1, 0.15) is 29.9 Å². The van der Waals surface area contributed by atoms with Gasteiger partial charge in [0.05, 0.1) is 18.3 Å². The molecule has 0 fully saturated rings. The van der Waals surface area contributed by atoms with Crippen LogP contribution < -0.4 is 5.32 Å². The SMILES string of the molecule is CC(C)CNC(=O)c1cc2occc2n1Cc1cccc(F)c1F. The molecule has 3 aromatic rings. The first-order valence-electron chi connectivity index (χ1n) is 7.75. The number of hydrogen-bond donors (Lipinski definition) is 1. The Morgan fingerprint density at radius 3 is 2.83 bits per heavy atom. The number of nitrogens with one attached hydrogen (secondary N) is 1. The van der Waals surface area contributed by atoms with Gasteiger partial charge < -0.3 is 14.3 Å². The van der Waals surface area contributed by atoms with Crippen LogP contribution >= 0.6 is 0 Å². The van der Waals surface area contributed by atoms with Gasteiger partial charge in [-0.05, 0) is 12.0 Å². The van der Waals surface area contributed by atoms with Crippen molar-refractivity contribution in [3.05, 3.63) is 59.5 Å². The maximum Gasteiger partial charge on any atom is 0.268 e. The van der Waals surface area contributed by atoms with E-state index in [0.29, 0.717) is 29.3 Å². The third-order valence-corrected chi connectivity index (χ3v) is 3.79. The Balaban J connectivity index is 1.99. The lowest BCUT2D eigenvalue weighted by Gasteiger charge is -2.12. The van der Waals surface area contributed by atoms with Crippen molar-refractivity contribution in [3.8, 4) is 0 Å². The predicted molar refractivity (Wildman–Crippen MR) is 86.8 cm³/mol. The molecule has 0 spiro atoms. The molecule has 2 heterocycles. The average Bonchev–Trinajstić information content (AvgIpc) is 3.12. The molecule has 0 saturated heterocycles. The van der Waals surface area contributed by atoms with E-state index in [2.05, 4.69) is 5.32 Å².